The maximum Gasteiger partial charge on any atom is 0.183 e. The van der Waals surface area contributed by atoms with Crippen LogP contribution >= 0.6 is 0 Å². The summed E-state index contributed by atoms with van der Waals surface area (Å²) in [6.07, 6.45) is 2.05. The van der Waals surface area contributed by atoms with E-state index in [0.717, 1.165) is 24.4 Å². The summed E-state index contributed by atoms with van der Waals surface area (Å²) in [6, 6.07) is 0.736. The van der Waals surface area contributed by atoms with Crippen LogP contribution in [0.4, 0.5) is 0 Å². The lowest BCUT2D eigenvalue weighted by Gasteiger charge is -2.33. The van der Waals surface area contributed by atoms with E-state index in [1.165, 1.54) is 6.42 Å². The normalized spacial score (nSPS) is 52.2. The molecule has 0 spiro atoms. The average Bonchev–Trinajstić information content (AvgIpc) is 2.46. The van der Waals surface area contributed by atoms with Gasteiger partial charge >= 0.3 is 0 Å². The zero-order valence-corrected chi connectivity index (χ0v) is 6.67. The lowest BCUT2D eigenvalue weighted by atomic mass is 9.97. The fourth-order valence-electron chi connectivity index (χ4n) is 1.90. The molecule has 2 nitrogen and oxygen atoms in total. The first kappa shape index (κ1) is 6.62. The number of nitrogens with one attached hydrogen (secondary N) is 1. The van der Waals surface area contributed by atoms with Gasteiger partial charge in [-0.05, 0) is 18.3 Å². The van der Waals surface area contributed by atoms with Crippen LogP contribution in [0.25, 0.3) is 0 Å². The molecule has 10 heavy (non-hydrogen) atoms. The Hall–Kier alpha value is -0.0800. The van der Waals surface area contributed by atoms with E-state index in [9.17, 15) is 0 Å². The highest BCUT2D eigenvalue weighted by atomic mass is 16.5. The largest absolute Gasteiger partial charge is 0.432 e. The lowest BCUT2D eigenvalue weighted by molar-refractivity contribution is -0.119. The third kappa shape index (κ3) is 0.867. The zero-order valence-electron chi connectivity index (χ0n) is 6.67. The van der Waals surface area contributed by atoms with Gasteiger partial charge in [0, 0.05) is 0 Å². The van der Waals surface area contributed by atoms with Crippen molar-refractivity contribution in [2.75, 3.05) is 13.7 Å². The van der Waals surface area contributed by atoms with E-state index in [1.807, 2.05) is 7.11 Å². The highest BCUT2D eigenvalue weighted by molar-refractivity contribution is 5.02. The third-order valence-corrected chi connectivity index (χ3v) is 2.94. The third-order valence-electron chi connectivity index (χ3n) is 2.94. The van der Waals surface area contributed by atoms with Gasteiger partial charge in [-0.1, -0.05) is 6.92 Å². The standard InChI is InChI=1S/C8H15NO/c1-5-3-6(5)8-7(10-2)4-9-8/h5-9H,3-4H2,1-2H3/p+1/t5?,6?,7?,8-/m1/s1. The number of ether oxygens (including phenoxy) is 1. The Balaban J connectivity index is 1.83. The summed E-state index contributed by atoms with van der Waals surface area (Å²) in [5, 5.41) is 3.45. The van der Waals surface area contributed by atoms with Gasteiger partial charge in [0.25, 0.3) is 0 Å². The topological polar surface area (TPSA) is 24.8 Å². The second kappa shape index (κ2) is 2.21. The van der Waals surface area contributed by atoms with Gasteiger partial charge < -0.3 is 4.74 Å². The minimum atomic E-state index is 0.634. The molecule has 0 aromatic carbocycles. The van der Waals surface area contributed by atoms with Crippen molar-refractivity contribution in [2.45, 2.75) is 25.5 Å². The summed E-state index contributed by atoms with van der Waals surface area (Å²) >= 11 is 0. The molecule has 2 N–H and O–H groups in total. The minimum Gasteiger partial charge on any atom is -0.432 e. The van der Waals surface area contributed by atoms with Crippen LogP contribution in [-0.4, -0.2) is 30.5 Å². The Morgan fingerprint density at radius 2 is 2.20 bits per heavy atom. The molecular formula is C8H16NO+. The van der Waals surface area contributed by atoms with E-state index in [0.29, 0.717) is 6.10 Å². The van der Waals surface area contributed by atoms with Gasteiger partial charge in [-0.15, -0.1) is 0 Å². The number of hydrogen-bond donors (Lipinski definition) is 1. The fourth-order valence-corrected chi connectivity index (χ4v) is 1.90. The highest BCUT2D eigenvalue weighted by Gasteiger charge is 2.49. The maximum absolute atomic E-state index is 4.31. The van der Waals surface area contributed by atoms with E-state index >= 15 is 0 Å². The predicted molar refractivity (Wildman–Crippen MR) is 41.0 cm³/mol. The first-order chi connectivity index (χ1) is 4.83. The van der Waals surface area contributed by atoms with Crippen LogP contribution in [0.1, 0.15) is 13.3 Å². The molecule has 1 saturated carbocycles. The fraction of sp³-hybridized carbons (Fsp3) is 1.00. The smallest absolute Gasteiger partial charge is 0.183 e. The monoisotopic (exact) mass is 142 g/mol. The molecule has 2 aliphatic rings. The van der Waals surface area contributed by atoms with E-state index in [4.69, 9.17) is 0 Å². The average molecular weight is 142 g/mol. The Kier molecular flexibility index (Phi) is 1.46. The molecule has 1 aliphatic carbocycles. The van der Waals surface area contributed by atoms with E-state index < -0.39 is 0 Å². The van der Waals surface area contributed by atoms with Crippen molar-refractivity contribution in [3.8, 4) is 0 Å². The summed E-state index contributed by atoms with van der Waals surface area (Å²) in [6.45, 7) is 3.45. The van der Waals surface area contributed by atoms with Crippen LogP contribution in [0, 0.1) is 11.8 Å². The van der Waals surface area contributed by atoms with Gasteiger partial charge in [0.05, 0.1) is 12.6 Å². The maximum atomic E-state index is 4.31. The van der Waals surface area contributed by atoms with Crippen molar-refractivity contribution in [3.63, 3.8) is 0 Å². The van der Waals surface area contributed by atoms with Crippen LogP contribution in [0.5, 0.6) is 0 Å². The van der Waals surface area contributed by atoms with Gasteiger partial charge in [0.1, 0.15) is 7.11 Å². The molecule has 58 valence electrons. The second-order valence-electron chi connectivity index (χ2n) is 3.64. The van der Waals surface area contributed by atoms with Crippen LogP contribution in [0.2, 0.25) is 0 Å². The summed E-state index contributed by atoms with van der Waals surface area (Å²) in [5.74, 6) is 1.91. The molecule has 0 radical (unpaired) electrons. The van der Waals surface area contributed by atoms with Crippen molar-refractivity contribution in [3.05, 3.63) is 0 Å². The molecule has 1 heterocycles. The van der Waals surface area contributed by atoms with Gasteiger partial charge in [-0.3, -0.25) is 5.32 Å². The minimum absolute atomic E-state index is 0.634. The summed E-state index contributed by atoms with van der Waals surface area (Å²) in [7, 11) is 1.94. The molecule has 2 rings (SSSR count). The molecule has 0 aromatic heterocycles. The lowest BCUT2D eigenvalue weighted by Crippen LogP contribution is -2.60. The molecule has 1 saturated heterocycles. The van der Waals surface area contributed by atoms with E-state index in [2.05, 4.69) is 17.0 Å². The van der Waals surface area contributed by atoms with Crippen molar-refractivity contribution >= 4 is 0 Å². The zero-order chi connectivity index (χ0) is 7.14. The van der Waals surface area contributed by atoms with Crippen molar-refractivity contribution in [1.29, 1.82) is 0 Å². The van der Waals surface area contributed by atoms with Gasteiger partial charge in [-0.25, -0.2) is 0 Å². The van der Waals surface area contributed by atoms with E-state index in [-0.39, 0.29) is 0 Å². The Morgan fingerprint density at radius 3 is 2.50 bits per heavy atom. The van der Waals surface area contributed by atoms with Gasteiger partial charge in [0.15, 0.2) is 6.10 Å². The summed E-state index contributed by atoms with van der Waals surface area (Å²) in [5.41, 5.74) is 0. The first-order valence-corrected chi connectivity index (χ1v) is 4.15. The first-order valence-electron chi connectivity index (χ1n) is 4.15. The molecule has 4 atom stereocenters. The molecule has 2 fully saturated rings. The van der Waals surface area contributed by atoms with Crippen LogP contribution in [-0.2, 0) is 0 Å². The number of hydrogen-bond acceptors (Lipinski definition) is 1. The molecule has 2 heteroatoms. The van der Waals surface area contributed by atoms with Crippen LogP contribution in [0.15, 0.2) is 0 Å². The predicted octanol–water partition coefficient (Wildman–Crippen LogP) is 0.141. The molecule has 3 unspecified atom stereocenters. The van der Waals surface area contributed by atoms with Crippen molar-refractivity contribution in [2.24, 2.45) is 11.8 Å². The SMILES string of the molecule is C[OH+]C1CN[C@@H]1C1CC1C. The Bertz CT molecular complexity index is 130. The van der Waals surface area contributed by atoms with Crippen LogP contribution < -0.4 is 5.32 Å². The Morgan fingerprint density at radius 1 is 1.50 bits per heavy atom. The Labute approximate surface area is 61.9 Å². The molecule has 0 aromatic rings. The van der Waals surface area contributed by atoms with Gasteiger partial charge in [-0.2, -0.15) is 0 Å². The van der Waals surface area contributed by atoms with Crippen LogP contribution in [0.3, 0.4) is 0 Å². The molecule has 1 aliphatic heterocycles. The summed E-state index contributed by atoms with van der Waals surface area (Å²) < 4.78 is 4.31. The van der Waals surface area contributed by atoms with Gasteiger partial charge in [0.2, 0.25) is 0 Å². The molecular weight excluding hydrogens is 126 g/mol. The number of rotatable bonds is 2. The van der Waals surface area contributed by atoms with E-state index in [1.54, 1.807) is 0 Å². The highest BCUT2D eigenvalue weighted by Crippen LogP contribution is 2.43. The molecule has 0 bridgehead atoms. The second-order valence-corrected chi connectivity index (χ2v) is 3.64. The summed E-state index contributed by atoms with van der Waals surface area (Å²) in [4.78, 5) is 0. The number of aliphatic hydroxyl groups is 2. The van der Waals surface area contributed by atoms with Crippen molar-refractivity contribution < 1.29 is 4.74 Å². The van der Waals surface area contributed by atoms with Crippen molar-refractivity contribution in [1.82, 2.24) is 5.32 Å². The quantitative estimate of drug-likeness (QED) is 0.545. The molecule has 0 amide bonds.